The van der Waals surface area contributed by atoms with Crippen LogP contribution in [0.15, 0.2) is 67.0 Å². The fourth-order valence-electron chi connectivity index (χ4n) is 6.86. The number of pyridine rings is 2. The molecule has 0 spiro atoms. The van der Waals surface area contributed by atoms with Crippen molar-refractivity contribution >= 4 is 32.3 Å². The van der Waals surface area contributed by atoms with Gasteiger partial charge in [0.2, 0.25) is 5.69 Å². The Morgan fingerprint density at radius 3 is 2.18 bits per heavy atom. The fourth-order valence-corrected chi connectivity index (χ4v) is 6.86. The van der Waals surface area contributed by atoms with Crippen LogP contribution in [0.1, 0.15) is 83.0 Å². The van der Waals surface area contributed by atoms with Crippen LogP contribution in [-0.2, 0) is 12.5 Å². The van der Waals surface area contributed by atoms with Gasteiger partial charge in [0.1, 0.15) is 7.05 Å². The van der Waals surface area contributed by atoms with E-state index in [1.807, 2.05) is 6.20 Å². The monoisotopic (exact) mass is 501 g/mol. The number of aromatic nitrogens is 2. The van der Waals surface area contributed by atoms with Crippen LogP contribution in [0.3, 0.4) is 0 Å². The average molecular weight is 502 g/mol. The zero-order chi connectivity index (χ0) is 26.8. The van der Waals surface area contributed by atoms with Crippen LogP contribution in [0.5, 0.6) is 0 Å². The van der Waals surface area contributed by atoms with Crippen molar-refractivity contribution in [3.63, 3.8) is 0 Å². The maximum atomic E-state index is 4.96. The first-order valence-electron chi connectivity index (χ1n) is 14.3. The van der Waals surface area contributed by atoms with E-state index in [0.717, 1.165) is 0 Å². The Labute approximate surface area is 227 Å². The Morgan fingerprint density at radius 2 is 1.47 bits per heavy atom. The molecule has 1 aliphatic carbocycles. The molecule has 0 radical (unpaired) electrons. The summed E-state index contributed by atoms with van der Waals surface area (Å²) in [6, 6.07) is 20.6. The predicted molar refractivity (Wildman–Crippen MR) is 162 cm³/mol. The summed E-state index contributed by atoms with van der Waals surface area (Å²) < 4.78 is 2.31. The minimum Gasteiger partial charge on any atom is -0.260 e. The molecule has 1 aliphatic rings. The number of hydrogen-bond acceptors (Lipinski definition) is 1. The lowest BCUT2D eigenvalue weighted by molar-refractivity contribution is -0.659. The highest BCUT2D eigenvalue weighted by Gasteiger charge is 2.30. The summed E-state index contributed by atoms with van der Waals surface area (Å²) in [6.45, 7) is 14.1. The van der Waals surface area contributed by atoms with Crippen LogP contribution in [0.25, 0.3) is 43.6 Å². The zero-order valence-corrected chi connectivity index (χ0v) is 24.2. The summed E-state index contributed by atoms with van der Waals surface area (Å²) in [5.74, 6) is 0.556. The number of hydrogen-bond donors (Lipinski definition) is 0. The van der Waals surface area contributed by atoms with Crippen LogP contribution in [0, 0.1) is 12.3 Å². The van der Waals surface area contributed by atoms with E-state index < -0.39 is 0 Å². The molecule has 5 aromatic rings. The molecule has 0 N–H and O–H groups in total. The highest BCUT2D eigenvalue weighted by atomic mass is 14.9. The summed E-state index contributed by atoms with van der Waals surface area (Å²) in [5.41, 5.74) is 7.16. The number of nitrogens with zero attached hydrogens (tertiary/aromatic N) is 2. The molecule has 2 heterocycles. The van der Waals surface area contributed by atoms with Crippen LogP contribution < -0.4 is 4.57 Å². The van der Waals surface area contributed by atoms with E-state index in [2.05, 4.69) is 114 Å². The van der Waals surface area contributed by atoms with Crippen LogP contribution in [-0.4, -0.2) is 4.98 Å². The molecule has 2 nitrogen and oxygen atoms in total. The van der Waals surface area contributed by atoms with Crippen molar-refractivity contribution in [2.75, 3.05) is 0 Å². The summed E-state index contributed by atoms with van der Waals surface area (Å²) >= 11 is 0. The molecule has 194 valence electrons. The van der Waals surface area contributed by atoms with Crippen molar-refractivity contribution in [2.45, 2.75) is 78.6 Å². The smallest absolute Gasteiger partial charge is 0.220 e. The molecular weight excluding hydrogens is 460 g/mol. The number of rotatable bonds is 2. The van der Waals surface area contributed by atoms with E-state index in [-0.39, 0.29) is 5.41 Å². The van der Waals surface area contributed by atoms with Crippen molar-refractivity contribution in [1.29, 1.82) is 0 Å². The topological polar surface area (TPSA) is 16.8 Å². The molecule has 3 aromatic carbocycles. The third kappa shape index (κ3) is 4.10. The maximum Gasteiger partial charge on any atom is 0.220 e. The van der Waals surface area contributed by atoms with Gasteiger partial charge < -0.3 is 0 Å². The Balaban J connectivity index is 1.60. The third-order valence-electron chi connectivity index (χ3n) is 9.19. The second-order valence-electron chi connectivity index (χ2n) is 13.4. The molecule has 1 fully saturated rings. The van der Waals surface area contributed by atoms with E-state index in [4.69, 9.17) is 4.98 Å². The molecule has 0 atom stereocenters. The lowest BCUT2D eigenvalue weighted by atomic mass is 9.72. The van der Waals surface area contributed by atoms with E-state index in [1.165, 1.54) is 86.1 Å². The van der Waals surface area contributed by atoms with Crippen molar-refractivity contribution in [2.24, 2.45) is 12.5 Å². The molecule has 0 unspecified atom stereocenters. The standard InChI is InChI=1S/C36H41N2/c1-23-25-10-8-9-11-28(25)32(35(2,3)4)22-31(23)34-30-13-12-29-26(27(30)17-21-38(34)7)16-20-37-33(29)24-14-18-36(5,6)19-15-24/h8-13,16-17,20-22,24H,14-15,18-19H2,1-7H3/q+1. The van der Waals surface area contributed by atoms with Crippen LogP contribution >= 0.6 is 0 Å². The predicted octanol–water partition coefficient (Wildman–Crippen LogP) is 9.32. The summed E-state index contributed by atoms with van der Waals surface area (Å²) in [6.07, 6.45) is 9.31. The minimum atomic E-state index is 0.0486. The normalized spacial score (nSPS) is 16.5. The Bertz CT molecular complexity index is 1690. The van der Waals surface area contributed by atoms with Gasteiger partial charge in [0.25, 0.3) is 0 Å². The van der Waals surface area contributed by atoms with Gasteiger partial charge in [0.15, 0.2) is 6.20 Å². The van der Waals surface area contributed by atoms with E-state index in [0.29, 0.717) is 11.3 Å². The Kier molecular flexibility index (Phi) is 5.87. The molecule has 0 amide bonds. The maximum absolute atomic E-state index is 4.96. The quantitative estimate of drug-likeness (QED) is 0.174. The van der Waals surface area contributed by atoms with Crippen molar-refractivity contribution in [3.8, 4) is 11.3 Å². The van der Waals surface area contributed by atoms with Crippen LogP contribution in [0.4, 0.5) is 0 Å². The van der Waals surface area contributed by atoms with Gasteiger partial charge in [0.05, 0.1) is 16.6 Å². The van der Waals surface area contributed by atoms with Gasteiger partial charge in [0, 0.05) is 29.0 Å². The summed E-state index contributed by atoms with van der Waals surface area (Å²) in [7, 11) is 2.19. The second-order valence-corrected chi connectivity index (χ2v) is 13.4. The van der Waals surface area contributed by atoms with Gasteiger partial charge in [-0.05, 0) is 88.9 Å². The number of aryl methyl sites for hydroxylation is 2. The lowest BCUT2D eigenvalue weighted by Gasteiger charge is -2.34. The van der Waals surface area contributed by atoms with Gasteiger partial charge in [-0.1, -0.05) is 65.0 Å². The Morgan fingerprint density at radius 1 is 0.816 bits per heavy atom. The zero-order valence-electron chi connectivity index (χ0n) is 24.2. The number of benzene rings is 3. The van der Waals surface area contributed by atoms with Gasteiger partial charge in [-0.25, -0.2) is 4.57 Å². The SMILES string of the molecule is Cc1c(-c2c3ccc4c(C5CCC(C)(C)CC5)nccc4c3cc[n+]2C)cc(C(C)(C)C)c2ccccc12. The molecular formula is C36H41N2+. The third-order valence-corrected chi connectivity index (χ3v) is 9.19. The highest BCUT2D eigenvalue weighted by molar-refractivity contribution is 6.12. The van der Waals surface area contributed by atoms with Crippen molar-refractivity contribution in [3.05, 3.63) is 83.8 Å². The van der Waals surface area contributed by atoms with Crippen molar-refractivity contribution < 1.29 is 4.57 Å². The average Bonchev–Trinajstić information content (AvgIpc) is 2.88. The van der Waals surface area contributed by atoms with Crippen molar-refractivity contribution in [1.82, 2.24) is 4.98 Å². The highest BCUT2D eigenvalue weighted by Crippen LogP contribution is 2.45. The molecule has 2 aromatic heterocycles. The van der Waals surface area contributed by atoms with Crippen LogP contribution in [0.2, 0.25) is 0 Å². The first kappa shape index (κ1) is 25.0. The fraction of sp³-hybridized carbons (Fsp3) is 0.389. The molecule has 38 heavy (non-hydrogen) atoms. The van der Waals surface area contributed by atoms with Gasteiger partial charge in [-0.3, -0.25) is 4.98 Å². The Hall–Kier alpha value is -3.26. The summed E-state index contributed by atoms with van der Waals surface area (Å²) in [5, 5.41) is 7.99. The molecule has 6 rings (SSSR count). The number of fused-ring (bicyclic) bond motifs is 4. The first-order chi connectivity index (χ1) is 18.0. The molecule has 0 saturated heterocycles. The van der Waals surface area contributed by atoms with E-state index >= 15 is 0 Å². The lowest BCUT2D eigenvalue weighted by Crippen LogP contribution is -2.31. The van der Waals surface area contributed by atoms with E-state index in [9.17, 15) is 0 Å². The van der Waals surface area contributed by atoms with E-state index in [1.54, 1.807) is 0 Å². The summed E-state index contributed by atoms with van der Waals surface area (Å²) in [4.78, 5) is 4.96. The molecule has 2 heteroatoms. The van der Waals surface area contributed by atoms with Gasteiger partial charge in [-0.2, -0.15) is 0 Å². The largest absolute Gasteiger partial charge is 0.260 e. The second kappa shape index (κ2) is 8.90. The minimum absolute atomic E-state index is 0.0486. The van der Waals surface area contributed by atoms with Gasteiger partial charge in [-0.15, -0.1) is 0 Å². The van der Waals surface area contributed by atoms with Gasteiger partial charge >= 0.3 is 0 Å². The first-order valence-corrected chi connectivity index (χ1v) is 14.3. The molecule has 1 saturated carbocycles. The molecule has 0 bridgehead atoms. The molecule has 0 aliphatic heterocycles.